The minimum absolute atomic E-state index is 0.221. The van der Waals surface area contributed by atoms with Crippen molar-refractivity contribution >= 4 is 11.8 Å². The van der Waals surface area contributed by atoms with E-state index in [9.17, 15) is 9.59 Å². The summed E-state index contributed by atoms with van der Waals surface area (Å²) in [5.74, 6) is 1.23. The molecule has 1 aliphatic carbocycles. The second-order valence-electron chi connectivity index (χ2n) is 7.18. The lowest BCUT2D eigenvalue weighted by molar-refractivity contribution is -0.133. The molecule has 2 amide bonds. The lowest BCUT2D eigenvalue weighted by Gasteiger charge is -2.23. The van der Waals surface area contributed by atoms with Gasteiger partial charge < -0.3 is 23.9 Å². The first kappa shape index (κ1) is 20.2. The largest absolute Gasteiger partial charge is 0.454 e. The Morgan fingerprint density at radius 1 is 1.32 bits per heavy atom. The highest BCUT2D eigenvalue weighted by Crippen LogP contribution is 2.31. The van der Waals surface area contributed by atoms with Gasteiger partial charge in [0.05, 0.1) is 19.7 Å². The van der Waals surface area contributed by atoms with Crippen LogP contribution in [-0.2, 0) is 22.6 Å². The molecule has 2 heterocycles. The minimum atomic E-state index is -0.250. The van der Waals surface area contributed by atoms with Crippen LogP contribution in [0.3, 0.4) is 0 Å². The average Bonchev–Trinajstić information content (AvgIpc) is 3.29. The van der Waals surface area contributed by atoms with Gasteiger partial charge in [0.15, 0.2) is 5.76 Å². The van der Waals surface area contributed by atoms with Crippen LogP contribution in [0.1, 0.15) is 48.2 Å². The number of ether oxygens (including phenoxy) is 1. The molecule has 28 heavy (non-hydrogen) atoms. The summed E-state index contributed by atoms with van der Waals surface area (Å²) in [5, 5.41) is 2.74. The standard InChI is InChI=1S/C21H29N3O4/c1-3-11-24(21(26)16-6-7-16)14-17-5-4-12-23(17)15-18-8-9-19(28-18)20(25)22-10-13-27-2/h4-5,8-9,12,16H,3,6-7,10-11,13-15H2,1-2H3,(H,22,25). The third kappa shape index (κ3) is 5.25. The number of carbonyl (C=O) groups excluding carboxylic acids is 2. The molecule has 1 saturated carbocycles. The molecule has 1 N–H and O–H groups in total. The molecule has 0 aromatic carbocycles. The van der Waals surface area contributed by atoms with Crippen molar-refractivity contribution in [3.63, 3.8) is 0 Å². The zero-order valence-corrected chi connectivity index (χ0v) is 16.6. The quantitative estimate of drug-likeness (QED) is 0.602. The molecule has 0 aliphatic heterocycles. The van der Waals surface area contributed by atoms with Gasteiger partial charge in [-0.2, -0.15) is 0 Å². The van der Waals surface area contributed by atoms with Crippen LogP contribution < -0.4 is 5.32 Å². The van der Waals surface area contributed by atoms with E-state index < -0.39 is 0 Å². The molecule has 0 bridgehead atoms. The molecule has 0 spiro atoms. The number of amides is 2. The van der Waals surface area contributed by atoms with Crippen LogP contribution in [0.4, 0.5) is 0 Å². The summed E-state index contributed by atoms with van der Waals surface area (Å²) in [6.07, 6.45) is 4.95. The molecule has 2 aromatic heterocycles. The number of aromatic nitrogens is 1. The molecule has 3 rings (SSSR count). The monoisotopic (exact) mass is 387 g/mol. The second-order valence-corrected chi connectivity index (χ2v) is 7.18. The maximum absolute atomic E-state index is 12.5. The Kier molecular flexibility index (Phi) is 6.92. The zero-order valence-electron chi connectivity index (χ0n) is 16.6. The molecule has 0 radical (unpaired) electrons. The number of hydrogen-bond donors (Lipinski definition) is 1. The normalized spacial score (nSPS) is 13.5. The summed E-state index contributed by atoms with van der Waals surface area (Å²) in [6.45, 7) is 4.88. The summed E-state index contributed by atoms with van der Waals surface area (Å²) in [6, 6.07) is 7.50. The van der Waals surface area contributed by atoms with E-state index in [-0.39, 0.29) is 23.5 Å². The fraction of sp³-hybridized carbons (Fsp3) is 0.524. The van der Waals surface area contributed by atoms with Gasteiger partial charge in [-0.1, -0.05) is 6.92 Å². The van der Waals surface area contributed by atoms with Crippen LogP contribution in [0.25, 0.3) is 0 Å². The van der Waals surface area contributed by atoms with Gasteiger partial charge in [0.2, 0.25) is 5.91 Å². The predicted octanol–water partition coefficient (Wildman–Crippen LogP) is 2.65. The molecular weight excluding hydrogens is 358 g/mol. The number of nitrogens with zero attached hydrogens (tertiary/aromatic N) is 2. The number of furan rings is 1. The third-order valence-corrected chi connectivity index (χ3v) is 4.81. The highest BCUT2D eigenvalue weighted by Gasteiger charge is 2.33. The van der Waals surface area contributed by atoms with Gasteiger partial charge in [0.25, 0.3) is 5.91 Å². The second kappa shape index (κ2) is 9.59. The van der Waals surface area contributed by atoms with Crippen LogP contribution in [0.2, 0.25) is 0 Å². The van der Waals surface area contributed by atoms with E-state index >= 15 is 0 Å². The van der Waals surface area contributed by atoms with E-state index in [0.29, 0.717) is 32.0 Å². The van der Waals surface area contributed by atoms with Crippen LogP contribution in [0.5, 0.6) is 0 Å². The summed E-state index contributed by atoms with van der Waals surface area (Å²) in [7, 11) is 1.59. The Labute approximate surface area is 165 Å². The number of nitrogens with one attached hydrogen (secondary N) is 1. The van der Waals surface area contributed by atoms with Gasteiger partial charge in [-0.3, -0.25) is 9.59 Å². The third-order valence-electron chi connectivity index (χ3n) is 4.81. The van der Waals surface area contributed by atoms with Crippen molar-refractivity contribution in [3.8, 4) is 0 Å². The van der Waals surface area contributed by atoms with Crippen molar-refractivity contribution in [2.75, 3.05) is 26.8 Å². The van der Waals surface area contributed by atoms with E-state index in [1.54, 1.807) is 13.2 Å². The number of hydrogen-bond acceptors (Lipinski definition) is 4. The SMILES string of the molecule is CCCN(Cc1cccn1Cc1ccc(C(=O)NCCOC)o1)C(=O)C1CC1. The van der Waals surface area contributed by atoms with E-state index in [4.69, 9.17) is 9.15 Å². The summed E-state index contributed by atoms with van der Waals surface area (Å²) >= 11 is 0. The van der Waals surface area contributed by atoms with Gasteiger partial charge in [0, 0.05) is 38.0 Å². The molecule has 152 valence electrons. The van der Waals surface area contributed by atoms with E-state index in [1.165, 1.54) is 0 Å². The van der Waals surface area contributed by atoms with Crippen molar-refractivity contribution in [1.82, 2.24) is 14.8 Å². The molecule has 7 heteroatoms. The first-order valence-corrected chi connectivity index (χ1v) is 9.91. The van der Waals surface area contributed by atoms with Crippen LogP contribution in [0, 0.1) is 5.92 Å². The highest BCUT2D eigenvalue weighted by atomic mass is 16.5. The Morgan fingerprint density at radius 3 is 2.86 bits per heavy atom. The van der Waals surface area contributed by atoms with Gasteiger partial charge in [-0.05, 0) is 43.5 Å². The summed E-state index contributed by atoms with van der Waals surface area (Å²) in [5.41, 5.74) is 1.06. The zero-order chi connectivity index (χ0) is 19.9. The number of methoxy groups -OCH3 is 1. The summed E-state index contributed by atoms with van der Waals surface area (Å²) < 4.78 is 12.7. The molecule has 0 saturated heterocycles. The van der Waals surface area contributed by atoms with Gasteiger partial charge in [-0.15, -0.1) is 0 Å². The Bertz CT molecular complexity index is 791. The minimum Gasteiger partial charge on any atom is -0.454 e. The van der Waals surface area contributed by atoms with Crippen LogP contribution in [-0.4, -0.2) is 48.1 Å². The Balaban J connectivity index is 1.62. The molecule has 1 aliphatic rings. The first-order valence-electron chi connectivity index (χ1n) is 9.91. The molecule has 7 nitrogen and oxygen atoms in total. The molecule has 2 aromatic rings. The van der Waals surface area contributed by atoms with Gasteiger partial charge in [0.1, 0.15) is 5.76 Å². The fourth-order valence-corrected chi connectivity index (χ4v) is 3.17. The number of carbonyl (C=O) groups is 2. The highest BCUT2D eigenvalue weighted by molar-refractivity contribution is 5.91. The lowest BCUT2D eigenvalue weighted by atomic mass is 10.3. The molecule has 0 atom stereocenters. The average molecular weight is 387 g/mol. The molecular formula is C21H29N3O4. The van der Waals surface area contributed by atoms with Crippen molar-refractivity contribution in [2.24, 2.45) is 5.92 Å². The van der Waals surface area contributed by atoms with E-state index in [2.05, 4.69) is 16.8 Å². The lowest BCUT2D eigenvalue weighted by Crippen LogP contribution is -2.33. The molecule has 1 fully saturated rings. The smallest absolute Gasteiger partial charge is 0.287 e. The first-order chi connectivity index (χ1) is 13.6. The van der Waals surface area contributed by atoms with Gasteiger partial charge >= 0.3 is 0 Å². The predicted molar refractivity (Wildman–Crippen MR) is 105 cm³/mol. The van der Waals surface area contributed by atoms with E-state index in [1.807, 2.05) is 29.3 Å². The Morgan fingerprint density at radius 2 is 2.14 bits per heavy atom. The van der Waals surface area contributed by atoms with Crippen molar-refractivity contribution in [1.29, 1.82) is 0 Å². The van der Waals surface area contributed by atoms with Crippen molar-refractivity contribution in [2.45, 2.75) is 39.3 Å². The van der Waals surface area contributed by atoms with Crippen LogP contribution >= 0.6 is 0 Å². The van der Waals surface area contributed by atoms with Crippen molar-refractivity contribution in [3.05, 3.63) is 47.7 Å². The maximum atomic E-state index is 12.5. The Hall–Kier alpha value is -2.54. The topological polar surface area (TPSA) is 76.7 Å². The van der Waals surface area contributed by atoms with E-state index in [0.717, 1.165) is 31.5 Å². The van der Waals surface area contributed by atoms with Crippen LogP contribution in [0.15, 0.2) is 34.9 Å². The fourth-order valence-electron chi connectivity index (χ4n) is 3.17. The molecule has 0 unspecified atom stereocenters. The van der Waals surface area contributed by atoms with Crippen molar-refractivity contribution < 1.29 is 18.7 Å². The maximum Gasteiger partial charge on any atom is 0.287 e. The van der Waals surface area contributed by atoms with Gasteiger partial charge in [-0.25, -0.2) is 0 Å². The number of rotatable bonds is 11. The summed E-state index contributed by atoms with van der Waals surface area (Å²) in [4.78, 5) is 26.5.